The molecule has 0 spiro atoms. The van der Waals surface area contributed by atoms with Crippen LogP contribution in [-0.4, -0.2) is 33.7 Å². The number of ether oxygens (including phenoxy) is 2. The van der Waals surface area contributed by atoms with Gasteiger partial charge in [-0.15, -0.1) is 11.3 Å². The van der Waals surface area contributed by atoms with Crippen LogP contribution < -0.4 is 9.47 Å². The Morgan fingerprint density at radius 3 is 2.83 bits per heavy atom. The van der Waals surface area contributed by atoms with Crippen molar-refractivity contribution < 1.29 is 9.47 Å². The molecule has 0 unspecified atom stereocenters. The highest BCUT2D eigenvalue weighted by Crippen LogP contribution is 2.32. The monoisotopic (exact) mass is 340 g/mol. The van der Waals surface area contributed by atoms with Crippen molar-refractivity contribution in [1.82, 2.24) is 19.9 Å². The molecule has 0 bridgehead atoms. The summed E-state index contributed by atoms with van der Waals surface area (Å²) in [5.74, 6) is 2.30. The Kier molecular flexibility index (Phi) is 4.10. The lowest BCUT2D eigenvalue weighted by Crippen LogP contribution is -2.17. The molecule has 2 aromatic heterocycles. The maximum atomic E-state index is 5.43. The van der Waals surface area contributed by atoms with Crippen molar-refractivity contribution in [3.8, 4) is 22.3 Å². The smallest absolute Gasteiger partial charge is 0.231 e. The maximum absolute atomic E-state index is 5.43. The quantitative estimate of drug-likeness (QED) is 0.712. The van der Waals surface area contributed by atoms with Gasteiger partial charge in [-0.3, -0.25) is 4.90 Å². The van der Waals surface area contributed by atoms with E-state index in [2.05, 4.69) is 38.3 Å². The van der Waals surface area contributed by atoms with Gasteiger partial charge >= 0.3 is 0 Å². The van der Waals surface area contributed by atoms with Gasteiger partial charge in [0.15, 0.2) is 22.3 Å². The molecule has 3 aromatic rings. The number of fused-ring (bicyclic) bond motifs is 1. The Hall–Kier alpha value is -2.51. The minimum Gasteiger partial charge on any atom is -0.454 e. The Labute approximate surface area is 143 Å². The molecule has 0 aliphatic carbocycles. The van der Waals surface area contributed by atoms with Crippen molar-refractivity contribution in [3.05, 3.63) is 53.3 Å². The van der Waals surface area contributed by atoms with Crippen LogP contribution in [0.2, 0.25) is 0 Å². The van der Waals surface area contributed by atoms with Gasteiger partial charge in [0.05, 0.1) is 5.69 Å². The van der Waals surface area contributed by atoms with Gasteiger partial charge in [-0.1, -0.05) is 6.07 Å². The number of thiazole rings is 1. The molecule has 0 radical (unpaired) electrons. The second-order valence-corrected chi connectivity index (χ2v) is 6.43. The number of nitrogens with zero attached hydrogens (tertiary/aromatic N) is 4. The molecule has 4 rings (SSSR count). The van der Waals surface area contributed by atoms with E-state index < -0.39 is 0 Å². The largest absolute Gasteiger partial charge is 0.454 e. The van der Waals surface area contributed by atoms with Crippen molar-refractivity contribution in [2.75, 3.05) is 13.8 Å². The summed E-state index contributed by atoms with van der Waals surface area (Å²) < 4.78 is 10.8. The van der Waals surface area contributed by atoms with E-state index in [9.17, 15) is 0 Å². The molecule has 24 heavy (non-hydrogen) atoms. The van der Waals surface area contributed by atoms with Crippen molar-refractivity contribution in [1.29, 1.82) is 0 Å². The summed E-state index contributed by atoms with van der Waals surface area (Å²) in [4.78, 5) is 15.3. The minimum absolute atomic E-state index is 0.303. The number of benzene rings is 1. The second kappa shape index (κ2) is 6.54. The number of hydrogen-bond donors (Lipinski definition) is 0. The third-order valence-electron chi connectivity index (χ3n) is 3.63. The van der Waals surface area contributed by atoms with E-state index in [1.54, 1.807) is 29.8 Å². The predicted molar refractivity (Wildman–Crippen MR) is 90.9 cm³/mol. The average Bonchev–Trinajstić information content (AvgIpc) is 3.24. The fourth-order valence-corrected chi connectivity index (χ4v) is 3.33. The summed E-state index contributed by atoms with van der Waals surface area (Å²) in [7, 11) is 2.07. The summed E-state index contributed by atoms with van der Waals surface area (Å²) in [6, 6.07) is 7.85. The zero-order chi connectivity index (χ0) is 16.4. The van der Waals surface area contributed by atoms with Crippen molar-refractivity contribution in [3.63, 3.8) is 0 Å². The van der Waals surface area contributed by atoms with Gasteiger partial charge in [-0.2, -0.15) is 0 Å². The van der Waals surface area contributed by atoms with Crippen molar-refractivity contribution in [2.24, 2.45) is 0 Å². The highest BCUT2D eigenvalue weighted by molar-refractivity contribution is 7.13. The molecule has 1 aliphatic rings. The van der Waals surface area contributed by atoms with Crippen molar-refractivity contribution in [2.45, 2.75) is 13.1 Å². The van der Waals surface area contributed by atoms with Crippen LogP contribution in [0.3, 0.4) is 0 Å². The van der Waals surface area contributed by atoms with Crippen LogP contribution >= 0.6 is 11.3 Å². The number of aromatic nitrogens is 3. The maximum Gasteiger partial charge on any atom is 0.231 e. The predicted octanol–water partition coefficient (Wildman–Crippen LogP) is 2.96. The normalized spacial score (nSPS) is 12.8. The Balaban J connectivity index is 1.41. The Morgan fingerprint density at radius 2 is 1.96 bits per heavy atom. The van der Waals surface area contributed by atoms with Crippen LogP contribution in [0.5, 0.6) is 11.5 Å². The molecular weight excluding hydrogens is 324 g/mol. The summed E-state index contributed by atoms with van der Waals surface area (Å²) in [5.41, 5.74) is 2.20. The first-order valence-electron chi connectivity index (χ1n) is 7.57. The topological polar surface area (TPSA) is 60.4 Å². The van der Waals surface area contributed by atoms with Gasteiger partial charge in [0.1, 0.15) is 0 Å². The fraction of sp³-hybridized carbons (Fsp3) is 0.235. The van der Waals surface area contributed by atoms with Crippen LogP contribution in [0.4, 0.5) is 0 Å². The molecule has 6 nitrogen and oxygen atoms in total. The molecule has 122 valence electrons. The minimum atomic E-state index is 0.303. The first kappa shape index (κ1) is 15.0. The van der Waals surface area contributed by atoms with Crippen molar-refractivity contribution >= 4 is 11.3 Å². The van der Waals surface area contributed by atoms with Crippen LogP contribution in [0.1, 0.15) is 11.3 Å². The molecular formula is C17H16N4O2S. The zero-order valence-corrected chi connectivity index (χ0v) is 14.0. The van der Waals surface area contributed by atoms with Gasteiger partial charge in [0.25, 0.3) is 0 Å². The molecule has 1 aromatic carbocycles. The van der Waals surface area contributed by atoms with Gasteiger partial charge in [0, 0.05) is 30.9 Å². The highest BCUT2D eigenvalue weighted by atomic mass is 32.1. The first-order chi connectivity index (χ1) is 11.8. The van der Waals surface area contributed by atoms with Gasteiger partial charge in [-0.05, 0) is 30.8 Å². The fourth-order valence-electron chi connectivity index (χ4n) is 2.58. The van der Waals surface area contributed by atoms with E-state index in [4.69, 9.17) is 9.47 Å². The van der Waals surface area contributed by atoms with E-state index in [1.807, 2.05) is 12.1 Å². The number of rotatable bonds is 5. The van der Waals surface area contributed by atoms with E-state index in [0.717, 1.165) is 35.3 Å². The van der Waals surface area contributed by atoms with Crippen LogP contribution in [0.25, 0.3) is 10.8 Å². The molecule has 0 N–H and O–H groups in total. The lowest BCUT2D eigenvalue weighted by atomic mass is 10.2. The lowest BCUT2D eigenvalue weighted by Gasteiger charge is -2.15. The third-order valence-corrected chi connectivity index (χ3v) is 4.52. The van der Waals surface area contributed by atoms with Crippen LogP contribution in [-0.2, 0) is 13.1 Å². The van der Waals surface area contributed by atoms with Gasteiger partial charge in [0.2, 0.25) is 6.79 Å². The highest BCUT2D eigenvalue weighted by Gasteiger charge is 2.14. The molecule has 3 heterocycles. The third kappa shape index (κ3) is 3.22. The summed E-state index contributed by atoms with van der Waals surface area (Å²) in [5, 5.41) is 2.91. The molecule has 0 fully saturated rings. The zero-order valence-electron chi connectivity index (χ0n) is 13.2. The molecule has 7 heteroatoms. The standard InChI is InChI=1S/C17H16N4O2S/c1-21(8-12-3-4-14-15(7-12)23-11-22-14)9-13-10-24-17(20-13)16-18-5-2-6-19-16/h2-7,10H,8-9,11H2,1H3. The average molecular weight is 340 g/mol. The van der Waals surface area contributed by atoms with Gasteiger partial charge in [-0.25, -0.2) is 15.0 Å². The Bertz CT molecular complexity index is 838. The van der Waals surface area contributed by atoms with E-state index >= 15 is 0 Å². The summed E-state index contributed by atoms with van der Waals surface area (Å²) in [6.07, 6.45) is 3.46. The summed E-state index contributed by atoms with van der Waals surface area (Å²) in [6.45, 7) is 1.88. The van der Waals surface area contributed by atoms with E-state index in [1.165, 1.54) is 5.56 Å². The van der Waals surface area contributed by atoms with Crippen LogP contribution in [0, 0.1) is 0 Å². The molecule has 0 saturated carbocycles. The number of hydrogen-bond acceptors (Lipinski definition) is 7. The molecule has 0 atom stereocenters. The Morgan fingerprint density at radius 1 is 1.12 bits per heavy atom. The first-order valence-corrected chi connectivity index (χ1v) is 8.45. The lowest BCUT2D eigenvalue weighted by molar-refractivity contribution is 0.174. The van der Waals surface area contributed by atoms with E-state index in [0.29, 0.717) is 12.6 Å². The van der Waals surface area contributed by atoms with E-state index in [-0.39, 0.29) is 0 Å². The molecule has 0 amide bonds. The van der Waals surface area contributed by atoms with Crippen LogP contribution in [0.15, 0.2) is 42.0 Å². The molecule has 1 aliphatic heterocycles. The molecule has 0 saturated heterocycles. The SMILES string of the molecule is CN(Cc1ccc2c(c1)OCO2)Cc1csc(-c2ncccn2)n1. The van der Waals surface area contributed by atoms with Gasteiger partial charge < -0.3 is 9.47 Å². The summed E-state index contributed by atoms with van der Waals surface area (Å²) >= 11 is 1.57. The second-order valence-electron chi connectivity index (χ2n) is 5.58.